The number of rotatable bonds is 4. The molecule has 4 nitrogen and oxygen atoms in total. The highest BCUT2D eigenvalue weighted by atomic mass is 35.5. The fourth-order valence-corrected chi connectivity index (χ4v) is 2.01. The van der Waals surface area contributed by atoms with E-state index in [-0.39, 0.29) is 5.69 Å². The molecule has 0 fully saturated rings. The molecule has 0 N–H and O–H groups in total. The fraction of sp³-hybridized carbons (Fsp3) is 0.0769. The molecule has 0 bridgehead atoms. The Kier molecular flexibility index (Phi) is 4.24. The molecule has 0 aliphatic heterocycles. The van der Waals surface area contributed by atoms with Crippen molar-refractivity contribution in [1.29, 1.82) is 0 Å². The Balaban J connectivity index is 2.16. The minimum atomic E-state index is -0.462. The zero-order chi connectivity index (χ0) is 13.8. The number of hydrogen-bond acceptors (Lipinski definition) is 3. The van der Waals surface area contributed by atoms with Gasteiger partial charge in [0.25, 0.3) is 5.69 Å². The summed E-state index contributed by atoms with van der Waals surface area (Å²) in [6.45, 7) is 0. The maximum absolute atomic E-state index is 10.5. The number of hydrogen-bond donors (Lipinski definition) is 0. The van der Waals surface area contributed by atoms with Crippen LogP contribution >= 0.6 is 23.2 Å². The number of nitrogens with zero attached hydrogens (tertiary/aromatic N) is 1. The van der Waals surface area contributed by atoms with Gasteiger partial charge in [-0.05, 0) is 29.8 Å². The first-order valence-electron chi connectivity index (χ1n) is 5.37. The molecule has 98 valence electrons. The number of halogens is 2. The largest absolute Gasteiger partial charge is 0.457 e. The molecule has 0 radical (unpaired) electrons. The van der Waals surface area contributed by atoms with Crippen LogP contribution in [0.25, 0.3) is 0 Å². The first-order valence-corrected chi connectivity index (χ1v) is 6.28. The highest BCUT2D eigenvalue weighted by Crippen LogP contribution is 2.28. The molecule has 2 aromatic rings. The quantitative estimate of drug-likeness (QED) is 0.463. The summed E-state index contributed by atoms with van der Waals surface area (Å²) in [7, 11) is 0. The average molecular weight is 298 g/mol. The predicted molar refractivity (Wildman–Crippen MR) is 74.2 cm³/mol. The van der Waals surface area contributed by atoms with Gasteiger partial charge in [0.1, 0.15) is 11.5 Å². The summed E-state index contributed by atoms with van der Waals surface area (Å²) in [6, 6.07) is 11.0. The maximum Gasteiger partial charge on any atom is 0.269 e. The van der Waals surface area contributed by atoms with Gasteiger partial charge in [0.05, 0.1) is 4.92 Å². The van der Waals surface area contributed by atoms with Gasteiger partial charge in [-0.2, -0.15) is 0 Å². The van der Waals surface area contributed by atoms with Crippen molar-refractivity contribution in [2.75, 3.05) is 0 Å². The lowest BCUT2D eigenvalue weighted by atomic mass is 10.2. The topological polar surface area (TPSA) is 52.4 Å². The number of non-ortho nitro benzene ring substituents is 1. The number of alkyl halides is 1. The zero-order valence-electron chi connectivity index (χ0n) is 9.68. The van der Waals surface area contributed by atoms with Crippen molar-refractivity contribution in [3.05, 3.63) is 63.2 Å². The smallest absolute Gasteiger partial charge is 0.269 e. The molecule has 0 saturated carbocycles. The Hall–Kier alpha value is -1.78. The molecule has 0 aromatic heterocycles. The van der Waals surface area contributed by atoms with Gasteiger partial charge in [0, 0.05) is 23.0 Å². The van der Waals surface area contributed by atoms with Crippen LogP contribution in [-0.2, 0) is 5.88 Å². The summed E-state index contributed by atoms with van der Waals surface area (Å²) in [4.78, 5) is 10.1. The monoisotopic (exact) mass is 297 g/mol. The number of nitro benzene ring substituents is 1. The van der Waals surface area contributed by atoms with E-state index in [1.807, 2.05) is 0 Å². The van der Waals surface area contributed by atoms with Crippen molar-refractivity contribution >= 4 is 28.9 Å². The first-order chi connectivity index (χ1) is 9.10. The van der Waals surface area contributed by atoms with Gasteiger partial charge in [-0.15, -0.1) is 11.6 Å². The molecule has 19 heavy (non-hydrogen) atoms. The molecule has 2 rings (SSSR count). The summed E-state index contributed by atoms with van der Waals surface area (Å²) < 4.78 is 5.54. The van der Waals surface area contributed by atoms with Crippen molar-refractivity contribution in [2.45, 2.75) is 5.88 Å². The van der Waals surface area contributed by atoms with Crippen molar-refractivity contribution < 1.29 is 9.66 Å². The van der Waals surface area contributed by atoms with Crippen molar-refractivity contribution in [1.82, 2.24) is 0 Å². The predicted octanol–water partition coefficient (Wildman–Crippen LogP) is 4.78. The second kappa shape index (κ2) is 5.91. The molecule has 0 aliphatic carbocycles. The molecule has 2 aromatic carbocycles. The molecular weight excluding hydrogens is 289 g/mol. The Bertz CT molecular complexity index is 599. The van der Waals surface area contributed by atoms with Gasteiger partial charge in [-0.3, -0.25) is 10.1 Å². The van der Waals surface area contributed by atoms with Gasteiger partial charge >= 0.3 is 0 Å². The van der Waals surface area contributed by atoms with Crippen molar-refractivity contribution in [2.24, 2.45) is 0 Å². The van der Waals surface area contributed by atoms with E-state index in [0.29, 0.717) is 22.4 Å². The van der Waals surface area contributed by atoms with Crippen molar-refractivity contribution in [3.8, 4) is 11.5 Å². The van der Waals surface area contributed by atoms with E-state index >= 15 is 0 Å². The van der Waals surface area contributed by atoms with Crippen LogP contribution in [0.4, 0.5) is 5.69 Å². The van der Waals surface area contributed by atoms with Crippen LogP contribution in [0, 0.1) is 10.1 Å². The second-order valence-corrected chi connectivity index (χ2v) is 4.41. The summed E-state index contributed by atoms with van der Waals surface area (Å²) in [5, 5.41) is 11.0. The fourth-order valence-electron chi connectivity index (χ4n) is 1.47. The molecule has 0 spiro atoms. The van der Waals surface area contributed by atoms with E-state index in [1.165, 1.54) is 24.3 Å². The third-order valence-electron chi connectivity index (χ3n) is 2.45. The average Bonchev–Trinajstić information content (AvgIpc) is 2.39. The van der Waals surface area contributed by atoms with Crippen LogP contribution in [0.2, 0.25) is 5.02 Å². The lowest BCUT2D eigenvalue weighted by Crippen LogP contribution is -1.89. The summed E-state index contributed by atoms with van der Waals surface area (Å²) >= 11 is 11.7. The molecular formula is C13H9Cl2NO3. The van der Waals surface area contributed by atoms with Crippen LogP contribution in [0.1, 0.15) is 5.56 Å². The molecule has 0 heterocycles. The molecule has 0 unspecified atom stereocenters. The second-order valence-electron chi connectivity index (χ2n) is 3.74. The highest BCUT2D eigenvalue weighted by molar-refractivity contribution is 6.32. The number of benzene rings is 2. The lowest BCUT2D eigenvalue weighted by molar-refractivity contribution is -0.384. The minimum Gasteiger partial charge on any atom is -0.457 e. The number of ether oxygens (including phenoxy) is 1. The van der Waals surface area contributed by atoms with E-state index < -0.39 is 4.92 Å². The van der Waals surface area contributed by atoms with Crippen LogP contribution in [0.15, 0.2) is 42.5 Å². The molecule has 6 heteroatoms. The van der Waals surface area contributed by atoms with Gasteiger partial charge in [0.2, 0.25) is 0 Å². The maximum atomic E-state index is 10.5. The van der Waals surface area contributed by atoms with Gasteiger partial charge < -0.3 is 4.74 Å². The highest BCUT2D eigenvalue weighted by Gasteiger charge is 2.06. The molecule has 0 aliphatic rings. The van der Waals surface area contributed by atoms with E-state index in [2.05, 4.69) is 0 Å². The summed E-state index contributed by atoms with van der Waals surface area (Å²) in [5.41, 5.74) is 0.835. The SMILES string of the molecule is O=[N+]([O-])c1ccc(Oc2ccc(CCl)c(Cl)c2)cc1. The van der Waals surface area contributed by atoms with E-state index in [1.54, 1.807) is 18.2 Å². The number of nitro groups is 1. The van der Waals surface area contributed by atoms with Crippen LogP contribution in [0.3, 0.4) is 0 Å². The van der Waals surface area contributed by atoms with Crippen molar-refractivity contribution in [3.63, 3.8) is 0 Å². The Morgan fingerprint density at radius 2 is 1.74 bits per heavy atom. The Morgan fingerprint density at radius 3 is 2.26 bits per heavy atom. The molecule has 0 amide bonds. The van der Waals surface area contributed by atoms with Crippen LogP contribution in [0.5, 0.6) is 11.5 Å². The van der Waals surface area contributed by atoms with E-state index in [4.69, 9.17) is 27.9 Å². The standard InChI is InChI=1S/C13H9Cl2NO3/c14-8-9-1-4-12(7-13(9)15)19-11-5-2-10(3-6-11)16(17)18/h1-7H,8H2. The van der Waals surface area contributed by atoms with Gasteiger partial charge in [0.15, 0.2) is 0 Å². The summed E-state index contributed by atoms with van der Waals surface area (Å²) in [6.07, 6.45) is 0. The lowest BCUT2D eigenvalue weighted by Gasteiger charge is -2.07. The first kappa shape index (κ1) is 13.6. The van der Waals surface area contributed by atoms with E-state index in [0.717, 1.165) is 5.56 Å². The molecule has 0 saturated heterocycles. The normalized spacial score (nSPS) is 10.2. The molecule has 0 atom stereocenters. The Morgan fingerprint density at radius 1 is 1.11 bits per heavy atom. The van der Waals surface area contributed by atoms with Crippen LogP contribution in [-0.4, -0.2) is 4.92 Å². The third kappa shape index (κ3) is 3.36. The zero-order valence-corrected chi connectivity index (χ0v) is 11.2. The Labute approximate surface area is 119 Å². The van der Waals surface area contributed by atoms with Gasteiger partial charge in [-0.1, -0.05) is 17.7 Å². The van der Waals surface area contributed by atoms with E-state index in [9.17, 15) is 10.1 Å². The minimum absolute atomic E-state index is 0.0165. The third-order valence-corrected chi connectivity index (χ3v) is 3.09. The van der Waals surface area contributed by atoms with Gasteiger partial charge in [-0.25, -0.2) is 0 Å². The van der Waals surface area contributed by atoms with Crippen LogP contribution < -0.4 is 4.74 Å². The summed E-state index contributed by atoms with van der Waals surface area (Å²) in [5.74, 6) is 1.38.